The SMILES string of the molecule is C/C=C\C(NCC)C1C=CC=CC1. The molecule has 0 amide bonds. The van der Waals surface area contributed by atoms with E-state index in [1.54, 1.807) is 0 Å². The Morgan fingerprint density at radius 3 is 2.92 bits per heavy atom. The fourth-order valence-corrected chi connectivity index (χ4v) is 1.67. The Labute approximate surface area is 81.2 Å². The van der Waals surface area contributed by atoms with Crippen molar-refractivity contribution in [3.63, 3.8) is 0 Å². The third kappa shape index (κ3) is 3.19. The molecule has 0 heterocycles. The number of allylic oxidation sites excluding steroid dienone is 4. The zero-order valence-electron chi connectivity index (χ0n) is 8.53. The van der Waals surface area contributed by atoms with Gasteiger partial charge in [0.15, 0.2) is 0 Å². The lowest BCUT2D eigenvalue weighted by Crippen LogP contribution is -2.33. The van der Waals surface area contributed by atoms with Crippen molar-refractivity contribution in [2.75, 3.05) is 6.54 Å². The molecule has 13 heavy (non-hydrogen) atoms. The zero-order valence-corrected chi connectivity index (χ0v) is 8.53. The predicted octanol–water partition coefficient (Wildman–Crippen LogP) is 2.67. The van der Waals surface area contributed by atoms with E-state index in [0.29, 0.717) is 12.0 Å². The second-order valence-electron chi connectivity index (χ2n) is 3.32. The number of rotatable bonds is 4. The highest BCUT2D eigenvalue weighted by atomic mass is 14.9. The normalized spacial score (nSPS) is 24.0. The van der Waals surface area contributed by atoms with Crippen LogP contribution in [0.5, 0.6) is 0 Å². The van der Waals surface area contributed by atoms with Gasteiger partial charge in [0.25, 0.3) is 0 Å². The molecular formula is C12H19N. The summed E-state index contributed by atoms with van der Waals surface area (Å²) >= 11 is 0. The Morgan fingerprint density at radius 2 is 2.38 bits per heavy atom. The van der Waals surface area contributed by atoms with E-state index in [1.165, 1.54) is 0 Å². The Hall–Kier alpha value is -0.820. The van der Waals surface area contributed by atoms with Crippen molar-refractivity contribution < 1.29 is 0 Å². The van der Waals surface area contributed by atoms with Crippen molar-refractivity contribution >= 4 is 0 Å². The van der Waals surface area contributed by atoms with Gasteiger partial charge in [-0.3, -0.25) is 0 Å². The van der Waals surface area contributed by atoms with Gasteiger partial charge in [0, 0.05) is 6.04 Å². The van der Waals surface area contributed by atoms with E-state index >= 15 is 0 Å². The fourth-order valence-electron chi connectivity index (χ4n) is 1.67. The maximum absolute atomic E-state index is 3.48. The Kier molecular flexibility index (Phi) is 4.55. The van der Waals surface area contributed by atoms with Gasteiger partial charge in [0.2, 0.25) is 0 Å². The summed E-state index contributed by atoms with van der Waals surface area (Å²) in [4.78, 5) is 0. The average Bonchev–Trinajstić information content (AvgIpc) is 2.19. The van der Waals surface area contributed by atoms with Crippen LogP contribution in [0.25, 0.3) is 0 Å². The summed E-state index contributed by atoms with van der Waals surface area (Å²) in [6.07, 6.45) is 14.3. The second kappa shape index (κ2) is 5.76. The molecule has 0 fully saturated rings. The van der Waals surface area contributed by atoms with Gasteiger partial charge in [-0.2, -0.15) is 0 Å². The summed E-state index contributed by atoms with van der Waals surface area (Å²) in [5.74, 6) is 0.626. The van der Waals surface area contributed by atoms with Crippen LogP contribution in [-0.4, -0.2) is 12.6 Å². The molecule has 0 spiro atoms. The minimum absolute atomic E-state index is 0.496. The molecule has 0 bridgehead atoms. The highest BCUT2D eigenvalue weighted by molar-refractivity contribution is 5.15. The van der Waals surface area contributed by atoms with E-state index in [9.17, 15) is 0 Å². The Morgan fingerprint density at radius 1 is 1.54 bits per heavy atom. The first-order chi connectivity index (χ1) is 6.38. The zero-order chi connectivity index (χ0) is 9.52. The molecule has 0 aliphatic heterocycles. The third-order valence-corrected chi connectivity index (χ3v) is 2.31. The second-order valence-corrected chi connectivity index (χ2v) is 3.32. The first-order valence-electron chi connectivity index (χ1n) is 5.08. The van der Waals surface area contributed by atoms with Crippen LogP contribution in [0.2, 0.25) is 0 Å². The molecule has 0 aromatic rings. The summed E-state index contributed by atoms with van der Waals surface area (Å²) in [5, 5.41) is 3.48. The van der Waals surface area contributed by atoms with Crippen LogP contribution < -0.4 is 5.32 Å². The van der Waals surface area contributed by atoms with Gasteiger partial charge in [-0.15, -0.1) is 0 Å². The molecule has 2 atom stereocenters. The maximum atomic E-state index is 3.48. The van der Waals surface area contributed by atoms with Gasteiger partial charge >= 0.3 is 0 Å². The quantitative estimate of drug-likeness (QED) is 0.651. The number of hydrogen-bond acceptors (Lipinski definition) is 1. The van der Waals surface area contributed by atoms with Crippen molar-refractivity contribution in [2.24, 2.45) is 5.92 Å². The standard InChI is InChI=1S/C12H19N/c1-3-8-12(13-4-2)11-9-6-5-7-10-11/h3,5-9,11-13H,4,10H2,1-2H3/b8-3-. The lowest BCUT2D eigenvalue weighted by molar-refractivity contribution is 0.483. The molecule has 72 valence electrons. The number of nitrogens with one attached hydrogen (secondary N) is 1. The molecule has 0 saturated heterocycles. The van der Waals surface area contributed by atoms with Gasteiger partial charge in [-0.1, -0.05) is 43.4 Å². The lowest BCUT2D eigenvalue weighted by atomic mass is 9.92. The number of hydrogen-bond donors (Lipinski definition) is 1. The molecule has 0 aromatic heterocycles. The minimum Gasteiger partial charge on any atom is -0.310 e. The van der Waals surface area contributed by atoms with E-state index in [0.717, 1.165) is 13.0 Å². The van der Waals surface area contributed by atoms with Crippen LogP contribution in [-0.2, 0) is 0 Å². The summed E-state index contributed by atoms with van der Waals surface area (Å²) < 4.78 is 0. The van der Waals surface area contributed by atoms with E-state index in [-0.39, 0.29) is 0 Å². The van der Waals surface area contributed by atoms with Crippen LogP contribution in [0.4, 0.5) is 0 Å². The van der Waals surface area contributed by atoms with Crippen LogP contribution in [0.15, 0.2) is 36.5 Å². The summed E-state index contributed by atoms with van der Waals surface area (Å²) in [7, 11) is 0. The average molecular weight is 177 g/mol. The first kappa shape index (κ1) is 10.3. The molecule has 1 aliphatic rings. The number of likely N-dealkylation sites (N-methyl/N-ethyl adjacent to an activating group) is 1. The molecule has 2 unspecified atom stereocenters. The first-order valence-corrected chi connectivity index (χ1v) is 5.08. The van der Waals surface area contributed by atoms with Crippen molar-refractivity contribution in [1.29, 1.82) is 0 Å². The molecule has 0 radical (unpaired) electrons. The molecule has 1 N–H and O–H groups in total. The van der Waals surface area contributed by atoms with Crippen LogP contribution in [0.3, 0.4) is 0 Å². The largest absolute Gasteiger partial charge is 0.310 e. The predicted molar refractivity (Wildman–Crippen MR) is 58.7 cm³/mol. The fraction of sp³-hybridized carbons (Fsp3) is 0.500. The van der Waals surface area contributed by atoms with Crippen molar-refractivity contribution in [3.8, 4) is 0 Å². The third-order valence-electron chi connectivity index (χ3n) is 2.31. The molecule has 0 saturated carbocycles. The molecule has 1 aliphatic carbocycles. The van der Waals surface area contributed by atoms with E-state index in [4.69, 9.17) is 0 Å². The van der Waals surface area contributed by atoms with Gasteiger partial charge in [-0.05, 0) is 25.8 Å². The maximum Gasteiger partial charge on any atom is 0.0315 e. The highest BCUT2D eigenvalue weighted by Gasteiger charge is 2.14. The van der Waals surface area contributed by atoms with Crippen LogP contribution in [0, 0.1) is 5.92 Å². The lowest BCUT2D eigenvalue weighted by Gasteiger charge is -2.22. The summed E-state index contributed by atoms with van der Waals surface area (Å²) in [6.45, 7) is 5.26. The molecule has 1 heteroatoms. The van der Waals surface area contributed by atoms with Crippen molar-refractivity contribution in [2.45, 2.75) is 26.3 Å². The topological polar surface area (TPSA) is 12.0 Å². The van der Waals surface area contributed by atoms with E-state index in [1.807, 2.05) is 0 Å². The van der Waals surface area contributed by atoms with Gasteiger partial charge < -0.3 is 5.32 Å². The summed E-state index contributed by atoms with van der Waals surface area (Å²) in [6, 6.07) is 0.496. The molecular weight excluding hydrogens is 158 g/mol. The highest BCUT2D eigenvalue weighted by Crippen LogP contribution is 2.16. The van der Waals surface area contributed by atoms with Gasteiger partial charge in [-0.25, -0.2) is 0 Å². The van der Waals surface area contributed by atoms with Crippen LogP contribution >= 0.6 is 0 Å². The van der Waals surface area contributed by atoms with Gasteiger partial charge in [0.1, 0.15) is 0 Å². The van der Waals surface area contributed by atoms with E-state index < -0.39 is 0 Å². The van der Waals surface area contributed by atoms with Crippen molar-refractivity contribution in [1.82, 2.24) is 5.32 Å². The van der Waals surface area contributed by atoms with E-state index in [2.05, 4.69) is 55.6 Å². The minimum atomic E-state index is 0.496. The van der Waals surface area contributed by atoms with Crippen molar-refractivity contribution in [3.05, 3.63) is 36.5 Å². The smallest absolute Gasteiger partial charge is 0.0315 e. The Bertz CT molecular complexity index is 213. The monoisotopic (exact) mass is 177 g/mol. The van der Waals surface area contributed by atoms with Gasteiger partial charge in [0.05, 0.1) is 0 Å². The van der Waals surface area contributed by atoms with Crippen LogP contribution in [0.1, 0.15) is 20.3 Å². The molecule has 0 aromatic carbocycles. The molecule has 1 rings (SSSR count). The summed E-state index contributed by atoms with van der Waals surface area (Å²) in [5.41, 5.74) is 0. The molecule has 1 nitrogen and oxygen atoms in total. The Balaban J connectivity index is 2.53.